The number of carbonyl (C=O) groups is 1. The number of nitrogens with one attached hydrogen (secondary N) is 1. The molecule has 0 radical (unpaired) electrons. The molecule has 6 heteroatoms. The predicted molar refractivity (Wildman–Crippen MR) is 107 cm³/mol. The zero-order valence-electron chi connectivity index (χ0n) is 15.6. The van der Waals surface area contributed by atoms with Gasteiger partial charge in [-0.3, -0.25) is 4.79 Å². The Hall–Kier alpha value is -2.40. The SMILES string of the molecule is COc1cc(C(C)NC(=O)c2cccc(N)c2)ccc1OCC(C)C.Cl. The Kier molecular flexibility index (Phi) is 8.26. The summed E-state index contributed by atoms with van der Waals surface area (Å²) in [4.78, 5) is 12.4. The minimum atomic E-state index is -0.179. The van der Waals surface area contributed by atoms with E-state index in [1.807, 2.05) is 25.1 Å². The van der Waals surface area contributed by atoms with Gasteiger partial charge in [0.25, 0.3) is 5.91 Å². The van der Waals surface area contributed by atoms with Crippen molar-refractivity contribution in [3.63, 3.8) is 0 Å². The van der Waals surface area contributed by atoms with E-state index in [1.54, 1.807) is 31.4 Å². The molecule has 0 bridgehead atoms. The molecule has 1 atom stereocenters. The molecule has 2 aromatic rings. The molecule has 0 aliphatic heterocycles. The van der Waals surface area contributed by atoms with Crippen LogP contribution in [0.3, 0.4) is 0 Å². The minimum Gasteiger partial charge on any atom is -0.493 e. The van der Waals surface area contributed by atoms with Crippen molar-refractivity contribution in [2.24, 2.45) is 5.92 Å². The number of ether oxygens (including phenoxy) is 2. The van der Waals surface area contributed by atoms with Crippen LogP contribution in [0, 0.1) is 5.92 Å². The van der Waals surface area contributed by atoms with E-state index in [0.29, 0.717) is 35.3 Å². The van der Waals surface area contributed by atoms with Gasteiger partial charge in [0.1, 0.15) is 0 Å². The van der Waals surface area contributed by atoms with Gasteiger partial charge in [0, 0.05) is 11.3 Å². The zero-order valence-corrected chi connectivity index (χ0v) is 16.4. The Labute approximate surface area is 161 Å². The lowest BCUT2D eigenvalue weighted by atomic mass is 10.1. The number of hydrogen-bond donors (Lipinski definition) is 2. The first-order chi connectivity index (χ1) is 11.9. The van der Waals surface area contributed by atoms with E-state index in [9.17, 15) is 4.79 Å². The molecule has 0 heterocycles. The molecule has 0 aliphatic carbocycles. The van der Waals surface area contributed by atoms with Crippen molar-refractivity contribution in [1.29, 1.82) is 0 Å². The van der Waals surface area contributed by atoms with Gasteiger partial charge in [0.05, 0.1) is 19.8 Å². The third kappa shape index (κ3) is 5.85. The third-order valence-corrected chi connectivity index (χ3v) is 3.76. The van der Waals surface area contributed by atoms with Crippen molar-refractivity contribution in [2.45, 2.75) is 26.8 Å². The summed E-state index contributed by atoms with van der Waals surface area (Å²) in [7, 11) is 1.61. The molecule has 1 amide bonds. The largest absolute Gasteiger partial charge is 0.493 e. The standard InChI is InChI=1S/C20H26N2O3.ClH/c1-13(2)12-25-18-9-8-15(11-19(18)24-4)14(3)22-20(23)16-6-5-7-17(21)10-16;/h5-11,13-14H,12,21H2,1-4H3,(H,22,23);1H. The molecule has 0 aromatic heterocycles. The summed E-state index contributed by atoms with van der Waals surface area (Å²) in [5, 5.41) is 2.97. The van der Waals surface area contributed by atoms with Crippen molar-refractivity contribution in [3.8, 4) is 11.5 Å². The van der Waals surface area contributed by atoms with Crippen LogP contribution < -0.4 is 20.5 Å². The van der Waals surface area contributed by atoms with Gasteiger partial charge in [-0.2, -0.15) is 0 Å². The summed E-state index contributed by atoms with van der Waals surface area (Å²) >= 11 is 0. The van der Waals surface area contributed by atoms with Gasteiger partial charge in [-0.15, -0.1) is 12.4 Å². The smallest absolute Gasteiger partial charge is 0.251 e. The van der Waals surface area contributed by atoms with Crippen LogP contribution in [0.15, 0.2) is 42.5 Å². The Morgan fingerprint density at radius 1 is 1.12 bits per heavy atom. The van der Waals surface area contributed by atoms with Gasteiger partial charge < -0.3 is 20.5 Å². The molecular formula is C20H27ClN2O3. The zero-order chi connectivity index (χ0) is 18.4. The number of methoxy groups -OCH3 is 1. The van der Waals surface area contributed by atoms with Gasteiger partial charge in [-0.05, 0) is 48.7 Å². The van der Waals surface area contributed by atoms with Crippen LogP contribution in [0.1, 0.15) is 42.7 Å². The Balaban J connectivity index is 0.00000338. The van der Waals surface area contributed by atoms with Gasteiger partial charge >= 0.3 is 0 Å². The number of halogens is 1. The summed E-state index contributed by atoms with van der Waals surface area (Å²) in [5.41, 5.74) is 7.77. The number of amides is 1. The minimum absolute atomic E-state index is 0. The lowest BCUT2D eigenvalue weighted by Gasteiger charge is -2.18. The van der Waals surface area contributed by atoms with Crippen molar-refractivity contribution in [3.05, 3.63) is 53.6 Å². The molecule has 26 heavy (non-hydrogen) atoms. The van der Waals surface area contributed by atoms with Gasteiger partial charge in [0.15, 0.2) is 11.5 Å². The highest BCUT2D eigenvalue weighted by molar-refractivity contribution is 5.95. The predicted octanol–water partition coefficient (Wildman–Crippen LogP) is 4.23. The molecule has 5 nitrogen and oxygen atoms in total. The van der Waals surface area contributed by atoms with Crippen LogP contribution in [0.5, 0.6) is 11.5 Å². The van der Waals surface area contributed by atoms with Crippen LogP contribution in [-0.4, -0.2) is 19.6 Å². The Bertz CT molecular complexity index is 735. The highest BCUT2D eigenvalue weighted by Crippen LogP contribution is 2.30. The normalized spacial score (nSPS) is 11.4. The molecule has 1 unspecified atom stereocenters. The second-order valence-corrected chi connectivity index (χ2v) is 6.44. The summed E-state index contributed by atoms with van der Waals surface area (Å²) in [6.45, 7) is 6.73. The average Bonchev–Trinajstić information content (AvgIpc) is 2.59. The first-order valence-electron chi connectivity index (χ1n) is 8.38. The van der Waals surface area contributed by atoms with Crippen molar-refractivity contribution < 1.29 is 14.3 Å². The third-order valence-electron chi connectivity index (χ3n) is 3.76. The highest BCUT2D eigenvalue weighted by Gasteiger charge is 2.14. The maximum atomic E-state index is 12.4. The van der Waals surface area contributed by atoms with E-state index in [4.69, 9.17) is 15.2 Å². The van der Waals surface area contributed by atoms with Crippen molar-refractivity contribution in [2.75, 3.05) is 19.5 Å². The fourth-order valence-corrected chi connectivity index (χ4v) is 2.37. The number of carbonyl (C=O) groups excluding carboxylic acids is 1. The second-order valence-electron chi connectivity index (χ2n) is 6.44. The molecule has 142 valence electrons. The number of hydrogen-bond acceptors (Lipinski definition) is 4. The molecule has 2 aromatic carbocycles. The van der Waals surface area contributed by atoms with Crippen molar-refractivity contribution >= 4 is 24.0 Å². The summed E-state index contributed by atoms with van der Waals surface area (Å²) < 4.78 is 11.2. The van der Waals surface area contributed by atoms with Gasteiger partial charge in [0.2, 0.25) is 0 Å². The van der Waals surface area contributed by atoms with Gasteiger partial charge in [-0.25, -0.2) is 0 Å². The van der Waals surface area contributed by atoms with Crippen LogP contribution >= 0.6 is 12.4 Å². The quantitative estimate of drug-likeness (QED) is 0.707. The Morgan fingerprint density at radius 2 is 1.85 bits per heavy atom. The summed E-state index contributed by atoms with van der Waals surface area (Å²) in [5.74, 6) is 1.62. The molecule has 0 spiro atoms. The fraction of sp³-hybridized carbons (Fsp3) is 0.350. The van der Waals surface area contributed by atoms with Crippen LogP contribution in [0.2, 0.25) is 0 Å². The summed E-state index contributed by atoms with van der Waals surface area (Å²) in [6.07, 6.45) is 0. The van der Waals surface area contributed by atoms with E-state index < -0.39 is 0 Å². The van der Waals surface area contributed by atoms with Crippen LogP contribution in [-0.2, 0) is 0 Å². The molecule has 0 fully saturated rings. The van der Waals surface area contributed by atoms with Crippen LogP contribution in [0.4, 0.5) is 5.69 Å². The first-order valence-corrected chi connectivity index (χ1v) is 8.38. The number of benzene rings is 2. The maximum absolute atomic E-state index is 12.4. The monoisotopic (exact) mass is 378 g/mol. The van der Waals surface area contributed by atoms with E-state index in [0.717, 1.165) is 5.56 Å². The number of anilines is 1. The van der Waals surface area contributed by atoms with Gasteiger partial charge in [-0.1, -0.05) is 26.0 Å². The Morgan fingerprint density at radius 3 is 2.46 bits per heavy atom. The first kappa shape index (κ1) is 21.6. The van der Waals surface area contributed by atoms with Crippen LogP contribution in [0.25, 0.3) is 0 Å². The number of nitrogen functional groups attached to an aromatic ring is 1. The van der Waals surface area contributed by atoms with E-state index in [-0.39, 0.29) is 24.4 Å². The highest BCUT2D eigenvalue weighted by atomic mass is 35.5. The maximum Gasteiger partial charge on any atom is 0.251 e. The number of nitrogens with two attached hydrogens (primary N) is 1. The molecular weight excluding hydrogens is 352 g/mol. The molecule has 3 N–H and O–H groups in total. The van der Waals surface area contributed by atoms with E-state index >= 15 is 0 Å². The average molecular weight is 379 g/mol. The fourth-order valence-electron chi connectivity index (χ4n) is 2.37. The van der Waals surface area contributed by atoms with Crippen molar-refractivity contribution in [1.82, 2.24) is 5.32 Å². The lowest BCUT2D eigenvalue weighted by Crippen LogP contribution is -2.26. The topological polar surface area (TPSA) is 73.6 Å². The van der Waals surface area contributed by atoms with E-state index in [2.05, 4.69) is 19.2 Å². The lowest BCUT2D eigenvalue weighted by molar-refractivity contribution is 0.0940. The molecule has 0 saturated carbocycles. The molecule has 0 saturated heterocycles. The molecule has 0 aliphatic rings. The van der Waals surface area contributed by atoms with E-state index in [1.165, 1.54) is 0 Å². The second kappa shape index (κ2) is 9.92. The summed E-state index contributed by atoms with van der Waals surface area (Å²) in [6, 6.07) is 12.4. The number of rotatable bonds is 7. The molecule has 2 rings (SSSR count).